The van der Waals surface area contributed by atoms with Gasteiger partial charge in [0.05, 0.1) is 24.6 Å². The fourth-order valence-corrected chi connectivity index (χ4v) is 3.96. The zero-order chi connectivity index (χ0) is 20.2. The van der Waals surface area contributed by atoms with E-state index in [0.717, 1.165) is 23.4 Å². The first kappa shape index (κ1) is 19.0. The highest BCUT2D eigenvalue weighted by Crippen LogP contribution is 2.37. The van der Waals surface area contributed by atoms with Crippen molar-refractivity contribution in [3.05, 3.63) is 83.7 Å². The summed E-state index contributed by atoms with van der Waals surface area (Å²) >= 11 is 0. The number of hydrogen-bond acceptors (Lipinski definition) is 4. The Morgan fingerprint density at radius 1 is 1.17 bits per heavy atom. The third-order valence-electron chi connectivity index (χ3n) is 5.34. The van der Waals surface area contributed by atoms with Gasteiger partial charge in [-0.2, -0.15) is 0 Å². The van der Waals surface area contributed by atoms with Gasteiger partial charge in [-0.05, 0) is 49.1 Å². The molecule has 0 aliphatic carbocycles. The third-order valence-corrected chi connectivity index (χ3v) is 5.34. The van der Waals surface area contributed by atoms with Crippen molar-refractivity contribution in [2.45, 2.75) is 25.8 Å². The molecule has 1 atom stereocenters. The van der Waals surface area contributed by atoms with Crippen LogP contribution in [0.5, 0.6) is 5.75 Å². The van der Waals surface area contributed by atoms with Crippen LogP contribution in [-0.2, 0) is 12.8 Å². The molecule has 148 valence electrons. The number of ether oxygens (including phenoxy) is 1. The second kappa shape index (κ2) is 8.35. The van der Waals surface area contributed by atoms with E-state index >= 15 is 0 Å². The average molecular weight is 387 g/mol. The van der Waals surface area contributed by atoms with E-state index in [2.05, 4.69) is 40.3 Å². The molecule has 5 heteroatoms. The van der Waals surface area contributed by atoms with Gasteiger partial charge in [0.25, 0.3) is 5.91 Å². The molecule has 1 N–H and O–H groups in total. The van der Waals surface area contributed by atoms with Crippen LogP contribution in [0.15, 0.2) is 67.0 Å². The lowest BCUT2D eigenvalue weighted by Gasteiger charge is -2.25. The maximum absolute atomic E-state index is 12.7. The van der Waals surface area contributed by atoms with Gasteiger partial charge in [0.15, 0.2) is 0 Å². The van der Waals surface area contributed by atoms with Gasteiger partial charge in [-0.1, -0.05) is 36.4 Å². The summed E-state index contributed by atoms with van der Waals surface area (Å²) in [6.07, 6.45) is 5.14. The van der Waals surface area contributed by atoms with Gasteiger partial charge in [0, 0.05) is 24.5 Å². The monoisotopic (exact) mass is 387 g/mol. The molecule has 1 aromatic heterocycles. The van der Waals surface area contributed by atoms with Crippen LogP contribution in [-0.4, -0.2) is 30.6 Å². The number of aromatic nitrogens is 1. The number of pyridine rings is 1. The molecule has 1 amide bonds. The number of fused-ring (bicyclic) bond motifs is 1. The molecule has 0 saturated carbocycles. The van der Waals surface area contributed by atoms with Gasteiger partial charge in [-0.25, -0.2) is 0 Å². The Kier molecular flexibility index (Phi) is 5.47. The number of para-hydroxylation sites is 2. The molecular formula is C24H25N3O2. The number of nitrogens with zero attached hydrogens (tertiary/aromatic N) is 2. The van der Waals surface area contributed by atoms with Gasteiger partial charge < -0.3 is 15.0 Å². The Morgan fingerprint density at radius 3 is 2.83 bits per heavy atom. The number of nitrogens with one attached hydrogen (secondary N) is 1. The van der Waals surface area contributed by atoms with Crippen molar-refractivity contribution in [2.75, 3.05) is 18.6 Å². The number of anilines is 2. The Bertz CT molecular complexity index is 1020. The van der Waals surface area contributed by atoms with Crippen LogP contribution in [0.3, 0.4) is 0 Å². The van der Waals surface area contributed by atoms with E-state index in [0.29, 0.717) is 24.6 Å². The topological polar surface area (TPSA) is 54.5 Å². The number of methoxy groups -OCH3 is 1. The van der Waals surface area contributed by atoms with Gasteiger partial charge in [0.1, 0.15) is 5.75 Å². The molecule has 2 heterocycles. The Hall–Kier alpha value is -3.34. The molecule has 2 aromatic carbocycles. The fraction of sp³-hybridized carbons (Fsp3) is 0.250. The van der Waals surface area contributed by atoms with Crippen LogP contribution >= 0.6 is 0 Å². The number of carbonyl (C=O) groups is 1. The molecule has 5 nitrogen and oxygen atoms in total. The van der Waals surface area contributed by atoms with Crippen molar-refractivity contribution in [1.82, 2.24) is 10.3 Å². The van der Waals surface area contributed by atoms with Crippen molar-refractivity contribution in [3.8, 4) is 5.75 Å². The number of hydrogen-bond donors (Lipinski definition) is 1. The summed E-state index contributed by atoms with van der Waals surface area (Å²) in [4.78, 5) is 19.3. The molecule has 0 saturated heterocycles. The first-order chi connectivity index (χ1) is 14.2. The van der Waals surface area contributed by atoms with E-state index in [9.17, 15) is 4.79 Å². The smallest absolute Gasteiger partial charge is 0.252 e. The minimum absolute atomic E-state index is 0.116. The first-order valence-corrected chi connectivity index (χ1v) is 9.89. The number of amides is 1. The summed E-state index contributed by atoms with van der Waals surface area (Å²) in [6.45, 7) is 2.73. The molecule has 3 aromatic rings. The van der Waals surface area contributed by atoms with Crippen molar-refractivity contribution < 1.29 is 9.53 Å². The van der Waals surface area contributed by atoms with Crippen molar-refractivity contribution in [2.24, 2.45) is 0 Å². The predicted molar refractivity (Wildman–Crippen MR) is 115 cm³/mol. The lowest BCUT2D eigenvalue weighted by Crippen LogP contribution is -2.27. The minimum atomic E-state index is -0.116. The summed E-state index contributed by atoms with van der Waals surface area (Å²) in [7, 11) is 1.66. The quantitative estimate of drug-likeness (QED) is 0.691. The Balaban J connectivity index is 1.45. The van der Waals surface area contributed by atoms with E-state index in [-0.39, 0.29) is 5.91 Å². The minimum Gasteiger partial charge on any atom is -0.496 e. The van der Waals surface area contributed by atoms with Crippen molar-refractivity contribution in [1.29, 1.82) is 0 Å². The van der Waals surface area contributed by atoms with Crippen LogP contribution in [0.25, 0.3) is 0 Å². The summed E-state index contributed by atoms with van der Waals surface area (Å²) < 4.78 is 5.37. The van der Waals surface area contributed by atoms with Crippen molar-refractivity contribution in [3.63, 3.8) is 0 Å². The highest BCUT2D eigenvalue weighted by atomic mass is 16.5. The molecule has 0 bridgehead atoms. The van der Waals surface area contributed by atoms with E-state index in [1.165, 1.54) is 11.3 Å². The molecule has 1 unspecified atom stereocenters. The highest BCUT2D eigenvalue weighted by Gasteiger charge is 2.27. The fourth-order valence-electron chi connectivity index (χ4n) is 3.96. The first-order valence-electron chi connectivity index (χ1n) is 9.89. The van der Waals surface area contributed by atoms with Gasteiger partial charge >= 0.3 is 0 Å². The maximum Gasteiger partial charge on any atom is 0.252 e. The van der Waals surface area contributed by atoms with Crippen LogP contribution in [0.4, 0.5) is 11.4 Å². The molecule has 1 aliphatic rings. The number of benzene rings is 2. The van der Waals surface area contributed by atoms with Crippen LogP contribution in [0.1, 0.15) is 28.4 Å². The maximum atomic E-state index is 12.7. The SMILES string of the molecule is COc1ccccc1CCNC(=O)c1cncc(N2c3ccccc3CC2C)c1. The number of carbonyl (C=O) groups excluding carboxylic acids is 1. The average Bonchev–Trinajstić information content (AvgIpc) is 3.09. The van der Waals surface area contributed by atoms with Crippen molar-refractivity contribution >= 4 is 17.3 Å². The Morgan fingerprint density at radius 2 is 1.97 bits per heavy atom. The molecule has 29 heavy (non-hydrogen) atoms. The largest absolute Gasteiger partial charge is 0.496 e. The molecule has 0 fully saturated rings. The Labute approximate surface area is 171 Å². The van der Waals surface area contributed by atoms with Gasteiger partial charge in [-0.3, -0.25) is 9.78 Å². The van der Waals surface area contributed by atoms with Crippen LogP contribution < -0.4 is 15.0 Å². The van der Waals surface area contributed by atoms with Crippen LogP contribution in [0, 0.1) is 0 Å². The summed E-state index contributed by atoms with van der Waals surface area (Å²) in [6, 6.07) is 18.5. The molecule has 1 aliphatic heterocycles. The molecule has 0 radical (unpaired) electrons. The lowest BCUT2D eigenvalue weighted by molar-refractivity contribution is 0.0953. The van der Waals surface area contributed by atoms with E-state index in [4.69, 9.17) is 4.74 Å². The number of rotatable bonds is 6. The second-order valence-corrected chi connectivity index (χ2v) is 7.30. The van der Waals surface area contributed by atoms with E-state index < -0.39 is 0 Å². The predicted octanol–water partition coefficient (Wildman–Crippen LogP) is 4.15. The standard InChI is InChI=1S/C24H25N3O2/c1-17-13-19-8-3-5-9-22(19)27(17)21-14-20(15-25-16-21)24(28)26-12-11-18-7-4-6-10-23(18)29-2/h3-10,14-17H,11-13H2,1-2H3,(H,26,28). The zero-order valence-corrected chi connectivity index (χ0v) is 16.8. The van der Waals surface area contributed by atoms with E-state index in [1.54, 1.807) is 13.3 Å². The zero-order valence-electron chi connectivity index (χ0n) is 16.8. The van der Waals surface area contributed by atoms with E-state index in [1.807, 2.05) is 42.6 Å². The summed E-state index contributed by atoms with van der Waals surface area (Å²) in [5.41, 5.74) is 5.10. The normalized spacial score (nSPS) is 15.1. The van der Waals surface area contributed by atoms with Gasteiger partial charge in [-0.15, -0.1) is 0 Å². The van der Waals surface area contributed by atoms with Crippen LogP contribution in [0.2, 0.25) is 0 Å². The third kappa shape index (κ3) is 3.94. The molecule has 0 spiro atoms. The second-order valence-electron chi connectivity index (χ2n) is 7.30. The highest BCUT2D eigenvalue weighted by molar-refractivity contribution is 5.95. The summed E-state index contributed by atoms with van der Waals surface area (Å²) in [5, 5.41) is 2.99. The molecule has 4 rings (SSSR count). The van der Waals surface area contributed by atoms with Gasteiger partial charge in [0.2, 0.25) is 0 Å². The molecular weight excluding hydrogens is 362 g/mol. The summed E-state index contributed by atoms with van der Waals surface area (Å²) in [5.74, 6) is 0.724. The lowest BCUT2D eigenvalue weighted by atomic mass is 10.1.